The fourth-order valence-electron chi connectivity index (χ4n) is 5.56. The lowest BCUT2D eigenvalue weighted by Crippen LogP contribution is -2.57. The van der Waals surface area contributed by atoms with Crippen LogP contribution in [0.3, 0.4) is 0 Å². The van der Waals surface area contributed by atoms with Gasteiger partial charge in [0, 0.05) is 6.04 Å². The highest BCUT2D eigenvalue weighted by atomic mass is 16.3. The lowest BCUT2D eigenvalue weighted by Gasteiger charge is -2.59. The number of carbonyl (C=O) groups excluding carboxylic acids is 1. The zero-order valence-corrected chi connectivity index (χ0v) is 13.4. The highest BCUT2D eigenvalue weighted by Gasteiger charge is 2.53. The first kappa shape index (κ1) is 15.1. The average molecular weight is 294 g/mol. The Balaban J connectivity index is 1.60. The molecule has 0 spiro atoms. The standard InChI is InChI=1S/C17H30N2O2/c1-3-15(10-20)19-16(21)18-11(2)17-7-12-4-13(8-17)6-14(5-12)9-17/h11-15,20H,3-10H2,1-2H3,(H2,18,19,21). The van der Waals surface area contributed by atoms with Crippen LogP contribution in [0.4, 0.5) is 4.79 Å². The highest BCUT2D eigenvalue weighted by Crippen LogP contribution is 2.61. The van der Waals surface area contributed by atoms with E-state index in [1.807, 2.05) is 6.92 Å². The molecule has 0 radical (unpaired) electrons. The number of hydrogen-bond acceptors (Lipinski definition) is 2. The molecular formula is C17H30N2O2. The summed E-state index contributed by atoms with van der Waals surface area (Å²) in [6.07, 6.45) is 8.96. The Bertz CT molecular complexity index is 357. The molecule has 120 valence electrons. The van der Waals surface area contributed by atoms with E-state index in [1.54, 1.807) is 0 Å². The Morgan fingerprint density at radius 1 is 1.14 bits per heavy atom. The number of amides is 2. The molecule has 4 heteroatoms. The van der Waals surface area contributed by atoms with Crippen molar-refractivity contribution in [1.82, 2.24) is 10.6 Å². The summed E-state index contributed by atoms with van der Waals surface area (Å²) in [6.45, 7) is 4.17. The van der Waals surface area contributed by atoms with Gasteiger partial charge in [-0.1, -0.05) is 6.92 Å². The molecule has 0 saturated heterocycles. The summed E-state index contributed by atoms with van der Waals surface area (Å²) in [6, 6.07) is -0.00481. The molecule has 21 heavy (non-hydrogen) atoms. The van der Waals surface area contributed by atoms with Crippen molar-refractivity contribution in [3.63, 3.8) is 0 Å². The van der Waals surface area contributed by atoms with Gasteiger partial charge in [-0.25, -0.2) is 4.79 Å². The molecule has 4 nitrogen and oxygen atoms in total. The second-order valence-electron chi connectivity index (χ2n) is 7.91. The third-order valence-corrected chi connectivity index (χ3v) is 6.40. The van der Waals surface area contributed by atoms with E-state index in [4.69, 9.17) is 0 Å². The Labute approximate surface area is 128 Å². The molecule has 2 unspecified atom stereocenters. The molecular weight excluding hydrogens is 264 g/mol. The molecule has 0 aromatic rings. The number of rotatable bonds is 5. The van der Waals surface area contributed by atoms with Crippen LogP contribution in [0, 0.1) is 23.2 Å². The monoisotopic (exact) mass is 294 g/mol. The van der Waals surface area contributed by atoms with Crippen molar-refractivity contribution < 1.29 is 9.90 Å². The number of hydrogen-bond donors (Lipinski definition) is 3. The lowest BCUT2D eigenvalue weighted by atomic mass is 9.48. The summed E-state index contributed by atoms with van der Waals surface area (Å²) in [5.74, 6) is 2.72. The molecule has 0 aromatic heterocycles. The third kappa shape index (κ3) is 2.92. The summed E-state index contributed by atoms with van der Waals surface area (Å²) in [5, 5.41) is 15.3. The summed E-state index contributed by atoms with van der Waals surface area (Å²) < 4.78 is 0. The molecule has 2 atom stereocenters. The largest absolute Gasteiger partial charge is 0.394 e. The van der Waals surface area contributed by atoms with Gasteiger partial charge in [0.15, 0.2) is 0 Å². The molecule has 0 aliphatic heterocycles. The van der Waals surface area contributed by atoms with Gasteiger partial charge in [0.2, 0.25) is 0 Å². The highest BCUT2D eigenvalue weighted by molar-refractivity contribution is 5.74. The number of nitrogens with one attached hydrogen (secondary N) is 2. The minimum Gasteiger partial charge on any atom is -0.394 e. The van der Waals surface area contributed by atoms with Crippen molar-refractivity contribution in [3.05, 3.63) is 0 Å². The third-order valence-electron chi connectivity index (χ3n) is 6.40. The van der Waals surface area contributed by atoms with Crippen molar-refractivity contribution in [1.29, 1.82) is 0 Å². The van der Waals surface area contributed by atoms with Gasteiger partial charge in [-0.05, 0) is 75.0 Å². The quantitative estimate of drug-likeness (QED) is 0.730. The molecule has 4 aliphatic rings. The second kappa shape index (κ2) is 5.79. The predicted octanol–water partition coefficient (Wildman–Crippen LogP) is 2.66. The number of aliphatic hydroxyl groups is 1. The van der Waals surface area contributed by atoms with Gasteiger partial charge in [0.05, 0.1) is 12.6 Å². The number of urea groups is 1. The Kier molecular flexibility index (Phi) is 4.17. The van der Waals surface area contributed by atoms with Crippen LogP contribution in [0.2, 0.25) is 0 Å². The number of carbonyl (C=O) groups is 1. The van der Waals surface area contributed by atoms with E-state index >= 15 is 0 Å². The topological polar surface area (TPSA) is 61.4 Å². The Morgan fingerprint density at radius 2 is 1.67 bits per heavy atom. The van der Waals surface area contributed by atoms with Crippen LogP contribution in [-0.2, 0) is 0 Å². The molecule has 4 rings (SSSR count). The molecule has 4 saturated carbocycles. The fraction of sp³-hybridized carbons (Fsp3) is 0.941. The van der Waals surface area contributed by atoms with E-state index in [0.29, 0.717) is 5.41 Å². The fourth-order valence-corrected chi connectivity index (χ4v) is 5.56. The maximum absolute atomic E-state index is 12.1. The summed E-state index contributed by atoms with van der Waals surface area (Å²) in [4.78, 5) is 12.1. The SMILES string of the molecule is CCC(CO)NC(=O)NC(C)C12CC3CC(CC(C3)C1)C2. The smallest absolute Gasteiger partial charge is 0.315 e. The van der Waals surface area contributed by atoms with Crippen LogP contribution >= 0.6 is 0 Å². The first-order chi connectivity index (χ1) is 10.0. The van der Waals surface area contributed by atoms with Crippen molar-refractivity contribution in [3.8, 4) is 0 Å². The van der Waals surface area contributed by atoms with E-state index in [2.05, 4.69) is 17.6 Å². The molecule has 0 aromatic carbocycles. The maximum Gasteiger partial charge on any atom is 0.315 e. The maximum atomic E-state index is 12.1. The van der Waals surface area contributed by atoms with Crippen LogP contribution in [0.5, 0.6) is 0 Å². The molecule has 4 aliphatic carbocycles. The van der Waals surface area contributed by atoms with Gasteiger partial charge in [-0.15, -0.1) is 0 Å². The Morgan fingerprint density at radius 3 is 2.10 bits per heavy atom. The van der Waals surface area contributed by atoms with Crippen molar-refractivity contribution in [2.45, 2.75) is 70.9 Å². The van der Waals surface area contributed by atoms with Gasteiger partial charge in [0.25, 0.3) is 0 Å². The minimum absolute atomic E-state index is 0.00959. The summed E-state index contributed by atoms with van der Waals surface area (Å²) in [7, 11) is 0. The molecule has 4 fully saturated rings. The van der Waals surface area contributed by atoms with Gasteiger partial charge >= 0.3 is 6.03 Å². The van der Waals surface area contributed by atoms with E-state index in [-0.39, 0.29) is 24.7 Å². The number of aliphatic hydroxyl groups excluding tert-OH is 1. The molecule has 2 amide bonds. The normalized spacial score (nSPS) is 39.9. The van der Waals surface area contributed by atoms with E-state index < -0.39 is 0 Å². The van der Waals surface area contributed by atoms with Gasteiger partial charge in [-0.2, -0.15) is 0 Å². The van der Waals surface area contributed by atoms with Crippen LogP contribution < -0.4 is 10.6 Å². The van der Waals surface area contributed by atoms with E-state index in [0.717, 1.165) is 24.2 Å². The van der Waals surface area contributed by atoms with Crippen LogP contribution in [0.25, 0.3) is 0 Å². The first-order valence-corrected chi connectivity index (χ1v) is 8.72. The summed E-state index contributed by atoms with van der Waals surface area (Å²) >= 11 is 0. The lowest BCUT2D eigenvalue weighted by molar-refractivity contribution is -0.0682. The van der Waals surface area contributed by atoms with Crippen molar-refractivity contribution >= 4 is 6.03 Å². The zero-order valence-electron chi connectivity index (χ0n) is 13.4. The van der Waals surface area contributed by atoms with Gasteiger partial charge in [-0.3, -0.25) is 0 Å². The second-order valence-corrected chi connectivity index (χ2v) is 7.91. The van der Waals surface area contributed by atoms with Crippen molar-refractivity contribution in [2.24, 2.45) is 23.2 Å². The van der Waals surface area contributed by atoms with E-state index in [1.165, 1.54) is 38.5 Å². The van der Waals surface area contributed by atoms with Crippen LogP contribution in [-0.4, -0.2) is 29.8 Å². The molecule has 4 bridgehead atoms. The predicted molar refractivity (Wildman–Crippen MR) is 82.9 cm³/mol. The zero-order chi connectivity index (χ0) is 15.0. The van der Waals surface area contributed by atoms with Gasteiger partial charge < -0.3 is 15.7 Å². The van der Waals surface area contributed by atoms with Gasteiger partial charge in [0.1, 0.15) is 0 Å². The average Bonchev–Trinajstić information content (AvgIpc) is 2.43. The minimum atomic E-state index is -0.131. The summed E-state index contributed by atoms with van der Waals surface area (Å²) in [5.41, 5.74) is 0.340. The first-order valence-electron chi connectivity index (χ1n) is 8.72. The van der Waals surface area contributed by atoms with Crippen LogP contribution in [0.15, 0.2) is 0 Å². The van der Waals surface area contributed by atoms with Crippen LogP contribution in [0.1, 0.15) is 58.8 Å². The molecule has 3 N–H and O–H groups in total. The van der Waals surface area contributed by atoms with E-state index in [9.17, 15) is 9.90 Å². The molecule has 0 heterocycles. The van der Waals surface area contributed by atoms with Crippen molar-refractivity contribution in [2.75, 3.05) is 6.61 Å². The Hall–Kier alpha value is -0.770.